The van der Waals surface area contributed by atoms with Crippen molar-refractivity contribution in [3.63, 3.8) is 0 Å². The summed E-state index contributed by atoms with van der Waals surface area (Å²) in [6.07, 6.45) is 5.71. The highest BCUT2D eigenvalue weighted by Crippen LogP contribution is 2.27. The Morgan fingerprint density at radius 2 is 1.93 bits per heavy atom. The Labute approximate surface area is 180 Å². The Kier molecular flexibility index (Phi) is 7.69. The molecule has 0 saturated carbocycles. The fourth-order valence-corrected chi connectivity index (χ4v) is 3.51. The minimum atomic E-state index is -0.541. The van der Waals surface area contributed by atoms with E-state index in [2.05, 4.69) is 4.98 Å². The molecule has 0 saturated heterocycles. The minimum Gasteiger partial charge on any atom is -0.372 e. The van der Waals surface area contributed by atoms with E-state index in [-0.39, 0.29) is 11.8 Å². The molecular weight excluding hydrogens is 409 g/mol. The molecule has 3 rings (SSSR count). The van der Waals surface area contributed by atoms with Crippen LogP contribution in [-0.4, -0.2) is 21.6 Å². The predicted octanol–water partition coefficient (Wildman–Crippen LogP) is 4.90. The monoisotopic (exact) mass is 431 g/mol. The van der Waals surface area contributed by atoms with Crippen LogP contribution in [0.25, 0.3) is 0 Å². The maximum absolute atomic E-state index is 11.3. The van der Waals surface area contributed by atoms with Gasteiger partial charge in [0.15, 0.2) is 0 Å². The third kappa shape index (κ3) is 6.32. The van der Waals surface area contributed by atoms with Gasteiger partial charge in [0.1, 0.15) is 5.69 Å². The number of rotatable bonds is 10. The second-order valence-electron chi connectivity index (χ2n) is 6.84. The van der Waals surface area contributed by atoms with Gasteiger partial charge in [0, 0.05) is 12.7 Å². The summed E-state index contributed by atoms with van der Waals surface area (Å²) in [7, 11) is 0. The Bertz CT molecular complexity index is 944. The molecule has 0 spiro atoms. The van der Waals surface area contributed by atoms with Gasteiger partial charge >= 0.3 is 0 Å². The molecule has 7 heteroatoms. The van der Waals surface area contributed by atoms with Crippen molar-refractivity contribution in [3.05, 3.63) is 87.9 Å². The zero-order valence-corrected chi connectivity index (χ0v) is 17.4. The van der Waals surface area contributed by atoms with Gasteiger partial charge in [0.2, 0.25) is 0 Å². The molecule has 0 bridgehead atoms. The van der Waals surface area contributed by atoms with E-state index >= 15 is 0 Å². The van der Waals surface area contributed by atoms with Gasteiger partial charge < -0.3 is 15.0 Å². The van der Waals surface area contributed by atoms with Gasteiger partial charge in [-0.1, -0.05) is 65.7 Å². The summed E-state index contributed by atoms with van der Waals surface area (Å²) in [4.78, 5) is 15.3. The molecular formula is C22H23Cl2N3O2. The van der Waals surface area contributed by atoms with E-state index in [1.54, 1.807) is 18.6 Å². The number of imidazole rings is 1. The molecule has 29 heavy (non-hydrogen) atoms. The number of aryl methyl sites for hydroxylation is 1. The van der Waals surface area contributed by atoms with E-state index < -0.39 is 5.91 Å². The van der Waals surface area contributed by atoms with Crippen LogP contribution >= 0.6 is 23.2 Å². The van der Waals surface area contributed by atoms with Gasteiger partial charge in [-0.15, -0.1) is 0 Å². The second-order valence-corrected chi connectivity index (χ2v) is 7.63. The fourth-order valence-electron chi connectivity index (χ4n) is 3.10. The maximum atomic E-state index is 11.3. The number of halogens is 2. The Morgan fingerprint density at radius 3 is 2.66 bits per heavy atom. The highest BCUT2D eigenvalue weighted by atomic mass is 35.5. The molecule has 0 unspecified atom stereocenters. The third-order valence-electron chi connectivity index (χ3n) is 4.63. The molecule has 1 heterocycles. The zero-order chi connectivity index (χ0) is 20.6. The van der Waals surface area contributed by atoms with Crippen molar-refractivity contribution in [2.75, 3.05) is 0 Å². The molecule has 2 N–H and O–H groups in total. The molecule has 0 fully saturated rings. The Hall–Kier alpha value is -2.34. The SMILES string of the molecule is NC(=O)c1cn(C[C@H](CCCc2cccc(Cl)c2Cl)OCc2ccccc2)cn1. The van der Waals surface area contributed by atoms with Crippen LogP contribution in [-0.2, 0) is 24.3 Å². The largest absolute Gasteiger partial charge is 0.372 e. The first-order valence-electron chi connectivity index (χ1n) is 9.43. The van der Waals surface area contributed by atoms with Crippen LogP contribution in [0.3, 0.4) is 0 Å². The molecule has 0 aliphatic rings. The number of nitrogens with zero attached hydrogens (tertiary/aromatic N) is 2. The first-order chi connectivity index (χ1) is 14.0. The van der Waals surface area contributed by atoms with Crippen molar-refractivity contribution in [2.24, 2.45) is 5.73 Å². The molecule has 5 nitrogen and oxygen atoms in total. The number of amides is 1. The first-order valence-corrected chi connectivity index (χ1v) is 10.2. The lowest BCUT2D eigenvalue weighted by atomic mass is 10.1. The van der Waals surface area contributed by atoms with E-state index in [0.717, 1.165) is 30.4 Å². The first kappa shape index (κ1) is 21.4. The number of aromatic nitrogens is 2. The van der Waals surface area contributed by atoms with Crippen LogP contribution in [0.15, 0.2) is 61.1 Å². The van der Waals surface area contributed by atoms with Crippen molar-refractivity contribution in [3.8, 4) is 0 Å². The number of nitrogens with two attached hydrogens (primary N) is 1. The molecule has 1 atom stereocenters. The third-order valence-corrected chi connectivity index (χ3v) is 5.49. The molecule has 1 aromatic heterocycles. The number of hydrogen-bond acceptors (Lipinski definition) is 3. The minimum absolute atomic E-state index is 0.0527. The smallest absolute Gasteiger partial charge is 0.268 e. The molecule has 0 radical (unpaired) electrons. The summed E-state index contributed by atoms with van der Waals surface area (Å²) in [5.74, 6) is -0.541. The Balaban J connectivity index is 1.62. The summed E-state index contributed by atoms with van der Waals surface area (Å²) >= 11 is 12.4. The standard InChI is InChI=1S/C22H23Cl2N3O2/c23-19-11-5-9-17(21(19)24)8-4-10-18(29-14-16-6-2-1-3-7-16)12-27-13-20(22(25)28)26-15-27/h1-3,5-7,9,11,13,15,18H,4,8,10,12,14H2,(H2,25,28)/t18-/m0/s1. The summed E-state index contributed by atoms with van der Waals surface area (Å²) < 4.78 is 8.01. The van der Waals surface area contributed by atoms with E-state index in [1.807, 2.05) is 47.0 Å². The quantitative estimate of drug-likeness (QED) is 0.496. The van der Waals surface area contributed by atoms with E-state index in [4.69, 9.17) is 33.7 Å². The van der Waals surface area contributed by atoms with Crippen LogP contribution in [0, 0.1) is 0 Å². The fraction of sp³-hybridized carbons (Fsp3) is 0.273. The van der Waals surface area contributed by atoms with E-state index in [9.17, 15) is 4.79 Å². The highest BCUT2D eigenvalue weighted by Gasteiger charge is 2.14. The lowest BCUT2D eigenvalue weighted by Gasteiger charge is -2.19. The number of ether oxygens (including phenoxy) is 1. The lowest BCUT2D eigenvalue weighted by molar-refractivity contribution is 0.0225. The summed E-state index contributed by atoms with van der Waals surface area (Å²) in [6.45, 7) is 1.09. The van der Waals surface area contributed by atoms with Crippen LogP contribution in [0.4, 0.5) is 0 Å². The summed E-state index contributed by atoms with van der Waals surface area (Å²) in [5, 5.41) is 1.18. The number of hydrogen-bond donors (Lipinski definition) is 1. The average molecular weight is 432 g/mol. The van der Waals surface area contributed by atoms with Crippen LogP contribution in [0.1, 0.15) is 34.5 Å². The van der Waals surface area contributed by atoms with Gasteiger partial charge in [0.05, 0.1) is 29.1 Å². The van der Waals surface area contributed by atoms with Crippen LogP contribution in [0.2, 0.25) is 10.0 Å². The van der Waals surface area contributed by atoms with Gasteiger partial charge in [-0.05, 0) is 36.5 Å². The van der Waals surface area contributed by atoms with Crippen molar-refractivity contribution in [1.82, 2.24) is 9.55 Å². The molecule has 1 amide bonds. The van der Waals surface area contributed by atoms with E-state index in [1.165, 1.54) is 0 Å². The van der Waals surface area contributed by atoms with Crippen molar-refractivity contribution in [2.45, 2.75) is 38.5 Å². The molecule has 0 aliphatic heterocycles. The maximum Gasteiger partial charge on any atom is 0.268 e. The number of primary amides is 1. The highest BCUT2D eigenvalue weighted by molar-refractivity contribution is 6.42. The van der Waals surface area contributed by atoms with Crippen molar-refractivity contribution < 1.29 is 9.53 Å². The number of carbonyl (C=O) groups is 1. The second kappa shape index (κ2) is 10.4. The molecule has 152 valence electrons. The summed E-state index contributed by atoms with van der Waals surface area (Å²) in [6, 6.07) is 15.7. The average Bonchev–Trinajstić information content (AvgIpc) is 3.19. The molecule has 2 aromatic carbocycles. The van der Waals surface area contributed by atoms with Gasteiger partial charge in [-0.25, -0.2) is 4.98 Å². The van der Waals surface area contributed by atoms with Gasteiger partial charge in [-0.3, -0.25) is 4.79 Å². The molecule has 0 aliphatic carbocycles. The van der Waals surface area contributed by atoms with Crippen molar-refractivity contribution in [1.29, 1.82) is 0 Å². The van der Waals surface area contributed by atoms with E-state index in [0.29, 0.717) is 23.2 Å². The van der Waals surface area contributed by atoms with Crippen LogP contribution < -0.4 is 5.73 Å². The normalized spacial score (nSPS) is 12.1. The van der Waals surface area contributed by atoms with Gasteiger partial charge in [0.25, 0.3) is 5.91 Å². The molecule has 3 aromatic rings. The van der Waals surface area contributed by atoms with Crippen molar-refractivity contribution >= 4 is 29.1 Å². The number of carbonyl (C=O) groups excluding carboxylic acids is 1. The van der Waals surface area contributed by atoms with Gasteiger partial charge in [-0.2, -0.15) is 0 Å². The zero-order valence-electron chi connectivity index (χ0n) is 15.9. The Morgan fingerprint density at radius 1 is 1.14 bits per heavy atom. The summed E-state index contributed by atoms with van der Waals surface area (Å²) in [5.41, 5.74) is 7.68. The lowest BCUT2D eigenvalue weighted by Crippen LogP contribution is -2.20. The topological polar surface area (TPSA) is 70.1 Å². The van der Waals surface area contributed by atoms with Crippen LogP contribution in [0.5, 0.6) is 0 Å². The number of benzene rings is 2. The predicted molar refractivity (Wildman–Crippen MR) is 115 cm³/mol.